The highest BCUT2D eigenvalue weighted by Crippen LogP contribution is 2.44. The van der Waals surface area contributed by atoms with Gasteiger partial charge in [-0.15, -0.1) is 11.3 Å². The number of aryl methyl sites for hydroxylation is 2. The van der Waals surface area contributed by atoms with Crippen molar-refractivity contribution in [2.24, 2.45) is 11.3 Å². The summed E-state index contributed by atoms with van der Waals surface area (Å²) in [5.41, 5.74) is 4.99. The van der Waals surface area contributed by atoms with E-state index in [0.717, 1.165) is 81.0 Å². The van der Waals surface area contributed by atoms with Crippen LogP contribution >= 0.6 is 11.3 Å². The van der Waals surface area contributed by atoms with E-state index in [9.17, 15) is 9.59 Å². The molecular weight excluding hydrogens is 484 g/mol. The van der Waals surface area contributed by atoms with Gasteiger partial charge in [-0.2, -0.15) is 0 Å². The highest BCUT2D eigenvalue weighted by atomic mass is 32.1. The molecular formula is C29H44N4O3S+2. The van der Waals surface area contributed by atoms with Gasteiger partial charge in [-0.25, -0.2) is 0 Å². The van der Waals surface area contributed by atoms with Gasteiger partial charge in [-0.3, -0.25) is 9.59 Å². The van der Waals surface area contributed by atoms with Gasteiger partial charge >= 0.3 is 0 Å². The molecule has 202 valence electrons. The average molecular weight is 529 g/mol. The molecule has 0 radical (unpaired) electrons. The average Bonchev–Trinajstić information content (AvgIpc) is 3.20. The van der Waals surface area contributed by atoms with E-state index in [1.807, 2.05) is 26.0 Å². The first-order valence-corrected chi connectivity index (χ1v) is 14.5. The van der Waals surface area contributed by atoms with E-state index in [2.05, 4.69) is 42.8 Å². The fourth-order valence-corrected chi connectivity index (χ4v) is 6.76. The van der Waals surface area contributed by atoms with E-state index in [1.54, 1.807) is 11.3 Å². The molecule has 7 nitrogen and oxygen atoms in total. The highest BCUT2D eigenvalue weighted by Gasteiger charge is 2.34. The normalized spacial score (nSPS) is 18.4. The standard InChI is InChI=1S/C29H42N4O3S/c1-19-6-9-23(20(2)16-19)31-27(35)26-22-8-7-21(29(3,4)5)17-24(22)37-28(26)32-25(34)18-30-10-11-33-12-14-36-15-13-33/h6,9,16,21,30H,7-8,10-15,17-18H2,1-5H3,(H,31,35)(H,32,34)/p+2. The summed E-state index contributed by atoms with van der Waals surface area (Å²) in [6.45, 7) is 16.9. The number of hydrogen-bond acceptors (Lipinski definition) is 4. The second-order valence-electron chi connectivity index (χ2n) is 11.7. The number of morpholine rings is 1. The first kappa shape index (κ1) is 27.8. The molecule has 1 aromatic carbocycles. The van der Waals surface area contributed by atoms with E-state index in [4.69, 9.17) is 4.74 Å². The van der Waals surface area contributed by atoms with Gasteiger partial charge in [-0.1, -0.05) is 38.5 Å². The lowest BCUT2D eigenvalue weighted by molar-refractivity contribution is -0.919. The van der Waals surface area contributed by atoms with Crippen molar-refractivity contribution < 1.29 is 24.5 Å². The topological polar surface area (TPSA) is 88.5 Å². The maximum Gasteiger partial charge on any atom is 0.280 e. The summed E-state index contributed by atoms with van der Waals surface area (Å²) >= 11 is 1.59. The SMILES string of the molecule is Cc1ccc(NC(=O)c2c(NC(=O)C[NH2+]CC[NH+]3CCOCC3)sc3c2CCC(C(C)(C)C)C3)c(C)c1. The number of fused-ring (bicyclic) bond motifs is 1. The van der Waals surface area contributed by atoms with Gasteiger partial charge in [0.15, 0.2) is 6.54 Å². The number of carbonyl (C=O) groups is 2. The molecule has 8 heteroatoms. The minimum atomic E-state index is -0.131. The molecule has 4 rings (SSSR count). The number of rotatable bonds is 8. The van der Waals surface area contributed by atoms with Crippen LogP contribution in [0.2, 0.25) is 0 Å². The molecule has 0 bridgehead atoms. The molecule has 1 atom stereocenters. The summed E-state index contributed by atoms with van der Waals surface area (Å²) in [6.07, 6.45) is 2.88. The van der Waals surface area contributed by atoms with E-state index in [1.165, 1.54) is 9.78 Å². The summed E-state index contributed by atoms with van der Waals surface area (Å²) in [4.78, 5) is 29.3. The van der Waals surface area contributed by atoms with Crippen molar-refractivity contribution in [3.8, 4) is 0 Å². The van der Waals surface area contributed by atoms with Crippen LogP contribution in [0.3, 0.4) is 0 Å². The van der Waals surface area contributed by atoms with Crippen LogP contribution in [0, 0.1) is 25.2 Å². The van der Waals surface area contributed by atoms with Crippen molar-refractivity contribution in [1.29, 1.82) is 0 Å². The van der Waals surface area contributed by atoms with Crippen LogP contribution in [0.1, 0.15) is 59.1 Å². The molecule has 1 aromatic heterocycles. The molecule has 1 fully saturated rings. The van der Waals surface area contributed by atoms with Crippen LogP contribution in [0.15, 0.2) is 18.2 Å². The second-order valence-corrected chi connectivity index (χ2v) is 12.8. The van der Waals surface area contributed by atoms with Gasteiger partial charge in [0.05, 0.1) is 18.8 Å². The molecule has 1 unspecified atom stereocenters. The van der Waals surface area contributed by atoms with Crippen molar-refractivity contribution in [2.45, 2.75) is 53.9 Å². The number of nitrogens with one attached hydrogen (secondary N) is 3. The number of benzene rings is 1. The second kappa shape index (κ2) is 12.1. The third-order valence-corrected chi connectivity index (χ3v) is 9.00. The smallest absolute Gasteiger partial charge is 0.280 e. The van der Waals surface area contributed by atoms with E-state index >= 15 is 0 Å². The number of amides is 2. The Morgan fingerprint density at radius 3 is 2.62 bits per heavy atom. The van der Waals surface area contributed by atoms with Crippen molar-refractivity contribution in [3.05, 3.63) is 45.3 Å². The number of thiophene rings is 1. The molecule has 1 aliphatic heterocycles. The van der Waals surface area contributed by atoms with Gasteiger partial charge < -0.3 is 25.6 Å². The molecule has 0 spiro atoms. The molecule has 2 amide bonds. The molecule has 1 aliphatic carbocycles. The van der Waals surface area contributed by atoms with Crippen molar-refractivity contribution >= 4 is 33.8 Å². The van der Waals surface area contributed by atoms with E-state index in [0.29, 0.717) is 23.0 Å². The van der Waals surface area contributed by atoms with Crippen LogP contribution in [0.5, 0.6) is 0 Å². The minimum Gasteiger partial charge on any atom is -0.370 e. The first-order valence-electron chi connectivity index (χ1n) is 13.7. The Morgan fingerprint density at radius 1 is 1.16 bits per heavy atom. The summed E-state index contributed by atoms with van der Waals surface area (Å²) in [5.74, 6) is 0.380. The Morgan fingerprint density at radius 2 is 1.92 bits per heavy atom. The van der Waals surface area contributed by atoms with Gasteiger partial charge in [-0.05, 0) is 61.6 Å². The Labute approximate surface area is 225 Å². The molecule has 1 saturated heterocycles. The lowest BCUT2D eigenvalue weighted by atomic mass is 9.72. The molecule has 37 heavy (non-hydrogen) atoms. The predicted molar refractivity (Wildman–Crippen MR) is 150 cm³/mol. The molecule has 2 aromatic rings. The summed E-state index contributed by atoms with van der Waals surface area (Å²) in [6, 6.07) is 6.04. The number of ether oxygens (including phenoxy) is 1. The summed E-state index contributed by atoms with van der Waals surface area (Å²) < 4.78 is 5.42. The predicted octanol–water partition coefficient (Wildman–Crippen LogP) is 2.19. The van der Waals surface area contributed by atoms with Gasteiger partial charge in [0.2, 0.25) is 0 Å². The zero-order valence-electron chi connectivity index (χ0n) is 23.1. The lowest BCUT2D eigenvalue weighted by Gasteiger charge is -2.33. The van der Waals surface area contributed by atoms with Gasteiger partial charge in [0.25, 0.3) is 11.8 Å². The number of anilines is 2. The minimum absolute atomic E-state index is 0.0523. The van der Waals surface area contributed by atoms with Crippen molar-refractivity contribution in [2.75, 3.05) is 56.6 Å². The fraction of sp³-hybridized carbons (Fsp3) is 0.586. The lowest BCUT2D eigenvalue weighted by Crippen LogP contribution is -3.16. The van der Waals surface area contributed by atoms with Crippen LogP contribution in [-0.2, 0) is 22.4 Å². The summed E-state index contributed by atoms with van der Waals surface area (Å²) in [5, 5.41) is 9.00. The molecule has 0 saturated carbocycles. The number of hydrogen-bond donors (Lipinski definition) is 4. The first-order chi connectivity index (χ1) is 17.6. The monoisotopic (exact) mass is 528 g/mol. The maximum atomic E-state index is 13.6. The summed E-state index contributed by atoms with van der Waals surface area (Å²) in [7, 11) is 0. The zero-order chi connectivity index (χ0) is 26.6. The zero-order valence-corrected chi connectivity index (χ0v) is 23.9. The Hall–Kier alpha value is -2.26. The third kappa shape index (κ3) is 7.19. The largest absolute Gasteiger partial charge is 0.370 e. The van der Waals surface area contributed by atoms with Gasteiger partial charge in [0.1, 0.15) is 31.2 Å². The Kier molecular flexibility index (Phi) is 9.06. The van der Waals surface area contributed by atoms with E-state index in [-0.39, 0.29) is 17.2 Å². The van der Waals surface area contributed by atoms with Crippen molar-refractivity contribution in [1.82, 2.24) is 0 Å². The number of nitrogens with two attached hydrogens (primary N) is 1. The molecule has 5 N–H and O–H groups in total. The third-order valence-electron chi connectivity index (χ3n) is 7.83. The van der Waals surface area contributed by atoms with Crippen LogP contribution in [0.25, 0.3) is 0 Å². The Balaban J connectivity index is 1.47. The maximum absolute atomic E-state index is 13.6. The number of quaternary nitrogens is 2. The quantitative estimate of drug-likeness (QED) is 0.396. The molecule has 2 heterocycles. The van der Waals surface area contributed by atoms with E-state index < -0.39 is 0 Å². The highest BCUT2D eigenvalue weighted by molar-refractivity contribution is 7.17. The van der Waals surface area contributed by atoms with Crippen molar-refractivity contribution in [3.63, 3.8) is 0 Å². The van der Waals surface area contributed by atoms with Crippen LogP contribution < -0.4 is 20.9 Å². The fourth-order valence-electron chi connectivity index (χ4n) is 5.42. The van der Waals surface area contributed by atoms with Gasteiger partial charge in [0, 0.05) is 10.6 Å². The van der Waals surface area contributed by atoms with Crippen LogP contribution in [0.4, 0.5) is 10.7 Å². The Bertz CT molecular complexity index is 1120. The number of carbonyl (C=O) groups excluding carboxylic acids is 2. The molecule has 2 aliphatic rings. The van der Waals surface area contributed by atoms with Crippen LogP contribution in [-0.4, -0.2) is 57.8 Å².